The van der Waals surface area contributed by atoms with Crippen molar-refractivity contribution in [1.82, 2.24) is 10.2 Å². The quantitative estimate of drug-likeness (QED) is 0.545. The summed E-state index contributed by atoms with van der Waals surface area (Å²) in [6, 6.07) is 14.6. The Morgan fingerprint density at radius 2 is 1.68 bits per heavy atom. The zero-order chi connectivity index (χ0) is 23.0. The molecule has 0 aliphatic rings. The van der Waals surface area contributed by atoms with E-state index in [1.807, 2.05) is 52.0 Å². The summed E-state index contributed by atoms with van der Waals surface area (Å²) in [6.45, 7) is 10.4. The Hall–Kier alpha value is -2.53. The molecule has 0 spiro atoms. The number of benzene rings is 2. The van der Waals surface area contributed by atoms with E-state index >= 15 is 0 Å². The SMILES string of the molecule is Cc1ccc(CN(C(=O)CCCOc2ccc(Cl)cc2)[C@H](C)C(=O)NC(C)(C)C)cc1. The third-order valence-electron chi connectivity index (χ3n) is 4.76. The van der Waals surface area contributed by atoms with Gasteiger partial charge in [-0.3, -0.25) is 9.59 Å². The van der Waals surface area contributed by atoms with E-state index in [2.05, 4.69) is 5.32 Å². The molecule has 6 heteroatoms. The molecule has 0 saturated heterocycles. The summed E-state index contributed by atoms with van der Waals surface area (Å²) in [7, 11) is 0. The van der Waals surface area contributed by atoms with Gasteiger partial charge in [-0.05, 0) is 70.9 Å². The van der Waals surface area contributed by atoms with Gasteiger partial charge in [0.2, 0.25) is 11.8 Å². The fourth-order valence-corrected chi connectivity index (χ4v) is 3.16. The smallest absolute Gasteiger partial charge is 0.242 e. The number of aryl methyl sites for hydroxylation is 1. The van der Waals surface area contributed by atoms with Crippen molar-refractivity contribution >= 4 is 23.4 Å². The summed E-state index contributed by atoms with van der Waals surface area (Å²) >= 11 is 5.88. The third-order valence-corrected chi connectivity index (χ3v) is 5.01. The highest BCUT2D eigenvalue weighted by Crippen LogP contribution is 2.17. The van der Waals surface area contributed by atoms with Gasteiger partial charge in [0.15, 0.2) is 0 Å². The van der Waals surface area contributed by atoms with Gasteiger partial charge in [0.05, 0.1) is 6.61 Å². The van der Waals surface area contributed by atoms with Gasteiger partial charge in [-0.15, -0.1) is 0 Å². The van der Waals surface area contributed by atoms with E-state index < -0.39 is 6.04 Å². The molecule has 2 aromatic rings. The number of hydrogen-bond donors (Lipinski definition) is 1. The van der Waals surface area contributed by atoms with Crippen LogP contribution in [0.25, 0.3) is 0 Å². The maximum absolute atomic E-state index is 13.1. The van der Waals surface area contributed by atoms with E-state index in [0.29, 0.717) is 36.8 Å². The van der Waals surface area contributed by atoms with Crippen LogP contribution in [0.1, 0.15) is 51.7 Å². The summed E-state index contributed by atoms with van der Waals surface area (Å²) in [6.07, 6.45) is 0.853. The van der Waals surface area contributed by atoms with Crippen LogP contribution in [0.4, 0.5) is 0 Å². The molecule has 31 heavy (non-hydrogen) atoms. The van der Waals surface area contributed by atoms with Crippen molar-refractivity contribution in [3.63, 3.8) is 0 Å². The minimum Gasteiger partial charge on any atom is -0.494 e. The van der Waals surface area contributed by atoms with Crippen LogP contribution in [0.5, 0.6) is 5.75 Å². The molecule has 0 fully saturated rings. The zero-order valence-corrected chi connectivity index (χ0v) is 19.8. The molecule has 1 N–H and O–H groups in total. The number of hydrogen-bond acceptors (Lipinski definition) is 3. The second-order valence-electron chi connectivity index (χ2n) is 8.83. The molecule has 0 aliphatic carbocycles. The number of amides is 2. The number of nitrogens with zero attached hydrogens (tertiary/aromatic N) is 1. The van der Waals surface area contributed by atoms with Gasteiger partial charge in [-0.25, -0.2) is 0 Å². The van der Waals surface area contributed by atoms with Crippen molar-refractivity contribution in [2.75, 3.05) is 6.61 Å². The lowest BCUT2D eigenvalue weighted by Gasteiger charge is -2.31. The number of carbonyl (C=O) groups excluding carboxylic acids is 2. The summed E-state index contributed by atoms with van der Waals surface area (Å²) in [5.41, 5.74) is 1.78. The molecule has 5 nitrogen and oxygen atoms in total. The van der Waals surface area contributed by atoms with Crippen LogP contribution in [0.15, 0.2) is 48.5 Å². The number of rotatable bonds is 9. The molecule has 2 rings (SSSR count). The van der Waals surface area contributed by atoms with E-state index in [1.54, 1.807) is 36.1 Å². The Labute approximate surface area is 190 Å². The van der Waals surface area contributed by atoms with Crippen LogP contribution in [-0.2, 0) is 16.1 Å². The topological polar surface area (TPSA) is 58.6 Å². The van der Waals surface area contributed by atoms with Gasteiger partial charge in [-0.1, -0.05) is 41.4 Å². The summed E-state index contributed by atoms with van der Waals surface area (Å²) in [5.74, 6) is 0.480. The molecule has 0 aliphatic heterocycles. The van der Waals surface area contributed by atoms with Crippen molar-refractivity contribution in [2.24, 2.45) is 0 Å². The lowest BCUT2D eigenvalue weighted by Crippen LogP contribution is -2.52. The Morgan fingerprint density at radius 1 is 1.06 bits per heavy atom. The highest BCUT2D eigenvalue weighted by molar-refractivity contribution is 6.30. The van der Waals surface area contributed by atoms with Crippen molar-refractivity contribution < 1.29 is 14.3 Å². The zero-order valence-electron chi connectivity index (χ0n) is 19.1. The number of halogens is 1. The highest BCUT2D eigenvalue weighted by atomic mass is 35.5. The molecule has 2 aromatic carbocycles. The van der Waals surface area contributed by atoms with Gasteiger partial charge >= 0.3 is 0 Å². The van der Waals surface area contributed by atoms with Gasteiger partial charge < -0.3 is 15.0 Å². The van der Waals surface area contributed by atoms with Crippen LogP contribution >= 0.6 is 11.6 Å². The molecule has 0 aromatic heterocycles. The maximum Gasteiger partial charge on any atom is 0.242 e. The first-order valence-corrected chi connectivity index (χ1v) is 11.0. The summed E-state index contributed by atoms with van der Waals surface area (Å²) in [4.78, 5) is 27.5. The van der Waals surface area contributed by atoms with E-state index in [0.717, 1.165) is 11.1 Å². The molecular formula is C25H33ClN2O3. The molecular weight excluding hydrogens is 412 g/mol. The van der Waals surface area contributed by atoms with E-state index in [9.17, 15) is 9.59 Å². The molecule has 0 bridgehead atoms. The number of carbonyl (C=O) groups is 2. The minimum absolute atomic E-state index is 0.0724. The van der Waals surface area contributed by atoms with Crippen molar-refractivity contribution in [2.45, 2.75) is 65.6 Å². The lowest BCUT2D eigenvalue weighted by molar-refractivity contribution is -0.141. The van der Waals surface area contributed by atoms with Crippen molar-refractivity contribution in [3.8, 4) is 5.75 Å². The molecule has 0 radical (unpaired) electrons. The predicted molar refractivity (Wildman–Crippen MR) is 125 cm³/mol. The monoisotopic (exact) mass is 444 g/mol. The van der Waals surface area contributed by atoms with Crippen LogP contribution in [-0.4, -0.2) is 34.9 Å². The first-order chi connectivity index (χ1) is 14.5. The van der Waals surface area contributed by atoms with Crippen LogP contribution < -0.4 is 10.1 Å². The van der Waals surface area contributed by atoms with Gasteiger partial charge in [-0.2, -0.15) is 0 Å². The Kier molecular flexibility index (Phi) is 8.93. The Morgan fingerprint density at radius 3 is 2.26 bits per heavy atom. The molecule has 168 valence electrons. The van der Waals surface area contributed by atoms with E-state index in [1.165, 1.54) is 0 Å². The van der Waals surface area contributed by atoms with Gasteiger partial charge in [0.1, 0.15) is 11.8 Å². The standard InChI is InChI=1S/C25H33ClN2O3/c1-18-8-10-20(11-9-18)17-28(19(2)24(30)27-25(3,4)5)23(29)7-6-16-31-22-14-12-21(26)13-15-22/h8-15,19H,6-7,16-17H2,1-5H3,(H,27,30)/t19-/m1/s1. The Balaban J connectivity index is 2.01. The first kappa shape index (κ1) is 24.7. The van der Waals surface area contributed by atoms with E-state index in [-0.39, 0.29) is 17.4 Å². The van der Waals surface area contributed by atoms with Gasteiger partial charge in [0.25, 0.3) is 0 Å². The molecule has 2 amide bonds. The fourth-order valence-electron chi connectivity index (χ4n) is 3.03. The summed E-state index contributed by atoms with van der Waals surface area (Å²) in [5, 5.41) is 3.62. The predicted octanol–water partition coefficient (Wildman–Crippen LogP) is 5.14. The maximum atomic E-state index is 13.1. The van der Waals surface area contributed by atoms with Crippen LogP contribution in [0.2, 0.25) is 5.02 Å². The Bertz CT molecular complexity index is 858. The molecule has 1 atom stereocenters. The van der Waals surface area contributed by atoms with Crippen LogP contribution in [0, 0.1) is 6.92 Å². The largest absolute Gasteiger partial charge is 0.494 e. The number of ether oxygens (including phenoxy) is 1. The van der Waals surface area contributed by atoms with Crippen LogP contribution in [0.3, 0.4) is 0 Å². The average Bonchev–Trinajstić information content (AvgIpc) is 2.70. The fraction of sp³-hybridized carbons (Fsp3) is 0.440. The minimum atomic E-state index is -0.579. The van der Waals surface area contributed by atoms with Gasteiger partial charge in [0, 0.05) is 23.5 Å². The molecule has 0 saturated carbocycles. The third kappa shape index (κ3) is 8.62. The van der Waals surface area contributed by atoms with E-state index in [4.69, 9.17) is 16.3 Å². The second kappa shape index (κ2) is 11.2. The van der Waals surface area contributed by atoms with Crippen molar-refractivity contribution in [3.05, 3.63) is 64.7 Å². The first-order valence-electron chi connectivity index (χ1n) is 10.6. The number of nitrogens with one attached hydrogen (secondary N) is 1. The average molecular weight is 445 g/mol. The summed E-state index contributed by atoms with van der Waals surface area (Å²) < 4.78 is 5.69. The molecule has 0 unspecified atom stereocenters. The lowest BCUT2D eigenvalue weighted by atomic mass is 10.1. The normalized spacial score (nSPS) is 12.2. The van der Waals surface area contributed by atoms with Crippen molar-refractivity contribution in [1.29, 1.82) is 0 Å². The molecule has 0 heterocycles. The second-order valence-corrected chi connectivity index (χ2v) is 9.26. The highest BCUT2D eigenvalue weighted by Gasteiger charge is 2.28.